The number of benzene rings is 2. The van der Waals surface area contributed by atoms with Gasteiger partial charge in [0.05, 0.1) is 0 Å². The molecule has 0 unspecified atom stereocenters. The zero-order valence-electron chi connectivity index (χ0n) is 10.3. The van der Waals surface area contributed by atoms with Crippen molar-refractivity contribution in [3.8, 4) is 0 Å². The van der Waals surface area contributed by atoms with Crippen molar-refractivity contribution in [1.82, 2.24) is 0 Å². The largest absolute Gasteiger partial charge is 0.294 e. The molecule has 0 aromatic heterocycles. The van der Waals surface area contributed by atoms with Crippen molar-refractivity contribution >= 4 is 23.4 Å². The zero-order chi connectivity index (χ0) is 13.7. The molecule has 2 rings (SSSR count). The summed E-state index contributed by atoms with van der Waals surface area (Å²) >= 11 is 4.94. The Morgan fingerprint density at radius 3 is 2.68 bits per heavy atom. The number of ketones is 1. The molecular formula is C16H13FOS. The van der Waals surface area contributed by atoms with E-state index in [9.17, 15) is 9.18 Å². The zero-order valence-corrected chi connectivity index (χ0v) is 11.1. The minimum Gasteiger partial charge on any atom is -0.294 e. The minimum absolute atomic E-state index is 0.0568. The van der Waals surface area contributed by atoms with Crippen molar-refractivity contribution in [2.24, 2.45) is 0 Å². The molecule has 96 valence electrons. The Kier molecular flexibility index (Phi) is 4.53. The van der Waals surface area contributed by atoms with Crippen LogP contribution in [0.3, 0.4) is 0 Å². The van der Waals surface area contributed by atoms with Crippen molar-refractivity contribution in [1.29, 1.82) is 0 Å². The van der Waals surface area contributed by atoms with Gasteiger partial charge in [-0.15, -0.1) is 0 Å². The Bertz CT molecular complexity index is 607. The van der Waals surface area contributed by atoms with Crippen molar-refractivity contribution in [2.45, 2.75) is 12.8 Å². The van der Waals surface area contributed by atoms with E-state index >= 15 is 0 Å². The van der Waals surface area contributed by atoms with E-state index in [0.29, 0.717) is 18.4 Å². The summed E-state index contributed by atoms with van der Waals surface area (Å²) in [6.07, 6.45) is 0.961. The normalized spacial score (nSPS) is 10.2. The highest BCUT2D eigenvalue weighted by Gasteiger charge is 2.08. The number of aryl methyl sites for hydroxylation is 1. The van der Waals surface area contributed by atoms with E-state index in [0.717, 1.165) is 11.1 Å². The van der Waals surface area contributed by atoms with Crippen LogP contribution in [-0.2, 0) is 6.42 Å². The minimum atomic E-state index is -0.384. The molecule has 0 aliphatic carbocycles. The molecule has 19 heavy (non-hydrogen) atoms. The average molecular weight is 272 g/mol. The van der Waals surface area contributed by atoms with E-state index < -0.39 is 0 Å². The van der Waals surface area contributed by atoms with Gasteiger partial charge in [0, 0.05) is 17.4 Å². The van der Waals surface area contributed by atoms with Crippen LogP contribution in [0.15, 0.2) is 48.5 Å². The number of rotatable bonds is 5. The number of halogens is 1. The molecule has 0 amide bonds. The third kappa shape index (κ3) is 3.55. The van der Waals surface area contributed by atoms with Gasteiger partial charge in [-0.25, -0.2) is 4.39 Å². The number of hydrogen-bond acceptors (Lipinski definition) is 2. The van der Waals surface area contributed by atoms with Crippen LogP contribution < -0.4 is 0 Å². The van der Waals surface area contributed by atoms with Gasteiger partial charge in [0.1, 0.15) is 5.82 Å². The number of hydrogen-bond donors (Lipinski definition) is 0. The molecule has 0 aliphatic rings. The molecule has 2 aromatic carbocycles. The van der Waals surface area contributed by atoms with E-state index in [1.165, 1.54) is 12.1 Å². The molecule has 3 heteroatoms. The summed E-state index contributed by atoms with van der Waals surface area (Å²) in [4.78, 5) is 12.0. The standard InChI is InChI=1S/C16H13FOS/c17-15-7-3-6-13(10-15)16(18)9-8-12-4-1-2-5-14(12)11-19/h1-7,10-11H,8-9H2. The van der Waals surface area contributed by atoms with Crippen LogP contribution in [0.1, 0.15) is 27.9 Å². The summed E-state index contributed by atoms with van der Waals surface area (Å²) in [5.74, 6) is -0.441. The van der Waals surface area contributed by atoms with Gasteiger partial charge < -0.3 is 0 Å². The molecule has 0 radical (unpaired) electrons. The predicted molar refractivity (Wildman–Crippen MR) is 78.3 cm³/mol. The topological polar surface area (TPSA) is 17.1 Å². The summed E-state index contributed by atoms with van der Waals surface area (Å²) in [5.41, 5.74) is 2.42. The van der Waals surface area contributed by atoms with Crippen molar-refractivity contribution in [3.63, 3.8) is 0 Å². The number of thiocarbonyl (C=S) groups is 1. The molecule has 0 bridgehead atoms. The molecule has 2 aromatic rings. The molecule has 0 heterocycles. The first-order valence-electron chi connectivity index (χ1n) is 6.02. The first-order valence-corrected chi connectivity index (χ1v) is 6.49. The lowest BCUT2D eigenvalue weighted by molar-refractivity contribution is 0.0982. The lowest BCUT2D eigenvalue weighted by atomic mass is 10.00. The third-order valence-electron chi connectivity index (χ3n) is 2.95. The third-order valence-corrected chi connectivity index (χ3v) is 3.20. The number of carbonyl (C=O) groups is 1. The fourth-order valence-corrected chi connectivity index (χ4v) is 2.16. The number of carbonyl (C=O) groups excluding carboxylic acids is 1. The maximum absolute atomic E-state index is 13.0. The highest BCUT2D eigenvalue weighted by Crippen LogP contribution is 2.13. The molecule has 0 aliphatic heterocycles. The first-order chi connectivity index (χ1) is 9.20. The van der Waals surface area contributed by atoms with Gasteiger partial charge in [0.2, 0.25) is 0 Å². The van der Waals surface area contributed by atoms with Crippen LogP contribution in [0.2, 0.25) is 0 Å². The fourth-order valence-electron chi connectivity index (χ4n) is 1.93. The molecule has 0 fully saturated rings. The highest BCUT2D eigenvalue weighted by molar-refractivity contribution is 7.79. The van der Waals surface area contributed by atoms with Gasteiger partial charge in [-0.2, -0.15) is 0 Å². The first kappa shape index (κ1) is 13.6. The fraction of sp³-hybridized carbons (Fsp3) is 0.125. The Hall–Kier alpha value is -1.87. The Labute approximate surface area is 117 Å². The van der Waals surface area contributed by atoms with E-state index in [4.69, 9.17) is 12.2 Å². The maximum Gasteiger partial charge on any atom is 0.163 e. The van der Waals surface area contributed by atoms with Crippen molar-refractivity contribution < 1.29 is 9.18 Å². The molecule has 0 N–H and O–H groups in total. The van der Waals surface area contributed by atoms with Gasteiger partial charge in [-0.3, -0.25) is 4.79 Å². The number of Topliss-reactive ketones (excluding diaryl/α,β-unsaturated/α-hetero) is 1. The van der Waals surface area contributed by atoms with Crippen molar-refractivity contribution in [2.75, 3.05) is 0 Å². The van der Waals surface area contributed by atoms with Gasteiger partial charge in [0.15, 0.2) is 5.78 Å². The Morgan fingerprint density at radius 1 is 1.16 bits per heavy atom. The van der Waals surface area contributed by atoms with Gasteiger partial charge in [0.25, 0.3) is 0 Å². The molecule has 0 saturated carbocycles. The summed E-state index contributed by atoms with van der Waals surface area (Å²) < 4.78 is 13.0. The van der Waals surface area contributed by atoms with E-state index in [-0.39, 0.29) is 11.6 Å². The SMILES string of the molecule is O=C(CCc1ccccc1C=S)c1cccc(F)c1. The van der Waals surface area contributed by atoms with Gasteiger partial charge in [-0.1, -0.05) is 48.6 Å². The molecule has 0 atom stereocenters. The maximum atomic E-state index is 13.0. The lowest BCUT2D eigenvalue weighted by Gasteiger charge is -2.05. The molecular weight excluding hydrogens is 259 g/mol. The lowest BCUT2D eigenvalue weighted by Crippen LogP contribution is -2.03. The van der Waals surface area contributed by atoms with Gasteiger partial charge >= 0.3 is 0 Å². The molecule has 0 saturated heterocycles. The molecule has 1 nitrogen and oxygen atoms in total. The average Bonchev–Trinajstić information content (AvgIpc) is 2.45. The quantitative estimate of drug-likeness (QED) is 0.604. The van der Waals surface area contributed by atoms with Crippen LogP contribution >= 0.6 is 12.2 Å². The van der Waals surface area contributed by atoms with E-state index in [1.807, 2.05) is 24.3 Å². The van der Waals surface area contributed by atoms with Crippen LogP contribution in [0, 0.1) is 5.82 Å². The van der Waals surface area contributed by atoms with Crippen LogP contribution in [-0.4, -0.2) is 11.2 Å². The highest BCUT2D eigenvalue weighted by atomic mass is 32.1. The Balaban J connectivity index is 2.06. The van der Waals surface area contributed by atoms with Crippen LogP contribution in [0.5, 0.6) is 0 Å². The summed E-state index contributed by atoms with van der Waals surface area (Å²) in [6.45, 7) is 0. The van der Waals surface area contributed by atoms with Crippen molar-refractivity contribution in [3.05, 3.63) is 71.0 Å². The summed E-state index contributed by atoms with van der Waals surface area (Å²) in [6, 6.07) is 13.5. The Morgan fingerprint density at radius 2 is 1.95 bits per heavy atom. The summed E-state index contributed by atoms with van der Waals surface area (Å²) in [7, 11) is 0. The van der Waals surface area contributed by atoms with Crippen LogP contribution in [0.25, 0.3) is 0 Å². The van der Waals surface area contributed by atoms with Crippen LogP contribution in [0.4, 0.5) is 4.39 Å². The second kappa shape index (κ2) is 6.34. The van der Waals surface area contributed by atoms with E-state index in [2.05, 4.69) is 0 Å². The van der Waals surface area contributed by atoms with E-state index in [1.54, 1.807) is 17.5 Å². The van der Waals surface area contributed by atoms with Gasteiger partial charge in [-0.05, 0) is 29.7 Å². The summed E-state index contributed by atoms with van der Waals surface area (Å²) in [5, 5.41) is 1.61. The second-order valence-corrected chi connectivity index (χ2v) is 4.49. The second-order valence-electron chi connectivity index (χ2n) is 4.25. The monoisotopic (exact) mass is 272 g/mol. The smallest absolute Gasteiger partial charge is 0.163 e. The predicted octanol–water partition coefficient (Wildman–Crippen LogP) is 3.99. The molecule has 0 spiro atoms.